The lowest BCUT2D eigenvalue weighted by Crippen LogP contribution is -1.89. The predicted molar refractivity (Wildman–Crippen MR) is 74.4 cm³/mol. The number of nitrogens with zero attached hydrogens (tertiary/aromatic N) is 3. The Morgan fingerprint density at radius 2 is 1.95 bits per heavy atom. The van der Waals surface area contributed by atoms with E-state index in [-0.39, 0.29) is 5.82 Å². The summed E-state index contributed by atoms with van der Waals surface area (Å²) in [4.78, 5) is 16.2. The number of hydrogen-bond acceptors (Lipinski definition) is 3. The summed E-state index contributed by atoms with van der Waals surface area (Å²) in [6.45, 7) is 2.04. The van der Waals surface area contributed by atoms with Crippen LogP contribution in [0.25, 0.3) is 22.8 Å². The van der Waals surface area contributed by atoms with Crippen LogP contribution in [0.15, 0.2) is 42.9 Å². The fraction of sp³-hybridized carbons (Fsp3) is 0.133. The first-order valence-electron chi connectivity index (χ1n) is 6.39. The largest absolute Gasteiger partial charge is 0.341 e. The molecule has 0 atom stereocenters. The summed E-state index contributed by atoms with van der Waals surface area (Å²) in [6.07, 6.45) is 5.76. The van der Waals surface area contributed by atoms with Gasteiger partial charge in [0, 0.05) is 23.7 Å². The van der Waals surface area contributed by atoms with Gasteiger partial charge in [-0.05, 0) is 30.7 Å². The third-order valence-electron chi connectivity index (χ3n) is 3.06. The van der Waals surface area contributed by atoms with Crippen LogP contribution in [0.5, 0.6) is 0 Å². The number of rotatable bonds is 3. The van der Waals surface area contributed by atoms with Crippen LogP contribution in [-0.2, 0) is 6.42 Å². The monoisotopic (exact) mass is 268 g/mol. The van der Waals surface area contributed by atoms with Crippen molar-refractivity contribution in [3.8, 4) is 22.8 Å². The number of hydrogen-bond donors (Lipinski definition) is 1. The minimum atomic E-state index is -0.259. The Labute approximate surface area is 115 Å². The highest BCUT2D eigenvalue weighted by Crippen LogP contribution is 2.24. The highest BCUT2D eigenvalue weighted by atomic mass is 19.1. The van der Waals surface area contributed by atoms with E-state index in [9.17, 15) is 4.39 Å². The number of imidazole rings is 1. The molecule has 2 heterocycles. The molecule has 0 amide bonds. The van der Waals surface area contributed by atoms with Crippen molar-refractivity contribution < 1.29 is 4.39 Å². The summed E-state index contributed by atoms with van der Waals surface area (Å²) >= 11 is 0. The first-order valence-corrected chi connectivity index (χ1v) is 6.39. The van der Waals surface area contributed by atoms with Crippen molar-refractivity contribution in [3.05, 3.63) is 54.4 Å². The van der Waals surface area contributed by atoms with Gasteiger partial charge in [0.05, 0.1) is 6.20 Å². The molecule has 4 nitrogen and oxygen atoms in total. The molecule has 1 N–H and O–H groups in total. The third-order valence-corrected chi connectivity index (χ3v) is 3.06. The number of aromatic nitrogens is 4. The van der Waals surface area contributed by atoms with E-state index in [0.29, 0.717) is 5.82 Å². The topological polar surface area (TPSA) is 54.5 Å². The molecule has 20 heavy (non-hydrogen) atoms. The molecule has 2 aromatic heterocycles. The minimum absolute atomic E-state index is 0.259. The van der Waals surface area contributed by atoms with Crippen molar-refractivity contribution in [1.29, 1.82) is 0 Å². The summed E-state index contributed by atoms with van der Waals surface area (Å²) in [5.41, 5.74) is 3.36. The zero-order valence-corrected chi connectivity index (χ0v) is 11.0. The Bertz CT molecular complexity index is 704. The maximum absolute atomic E-state index is 13.0. The average molecular weight is 268 g/mol. The number of benzene rings is 1. The lowest BCUT2D eigenvalue weighted by atomic mass is 10.2. The fourth-order valence-electron chi connectivity index (χ4n) is 2.04. The van der Waals surface area contributed by atoms with Gasteiger partial charge in [-0.25, -0.2) is 9.37 Å². The Hall–Kier alpha value is -2.56. The Balaban J connectivity index is 2.07. The van der Waals surface area contributed by atoms with Crippen LogP contribution in [-0.4, -0.2) is 19.9 Å². The van der Waals surface area contributed by atoms with E-state index >= 15 is 0 Å². The molecule has 5 heteroatoms. The van der Waals surface area contributed by atoms with E-state index in [1.165, 1.54) is 12.1 Å². The lowest BCUT2D eigenvalue weighted by Gasteiger charge is -1.97. The van der Waals surface area contributed by atoms with Crippen LogP contribution in [0.3, 0.4) is 0 Å². The third kappa shape index (κ3) is 2.30. The molecule has 0 bridgehead atoms. The Morgan fingerprint density at radius 1 is 1.15 bits per heavy atom. The second-order valence-electron chi connectivity index (χ2n) is 4.36. The van der Waals surface area contributed by atoms with E-state index in [4.69, 9.17) is 0 Å². The molecule has 0 radical (unpaired) electrons. The second kappa shape index (κ2) is 5.21. The van der Waals surface area contributed by atoms with Gasteiger partial charge in [-0.3, -0.25) is 9.97 Å². The fourth-order valence-corrected chi connectivity index (χ4v) is 2.04. The summed E-state index contributed by atoms with van der Waals surface area (Å²) in [7, 11) is 0. The molecule has 0 aliphatic rings. The number of aromatic amines is 1. The molecular formula is C15H13FN4. The molecule has 0 spiro atoms. The van der Waals surface area contributed by atoms with Gasteiger partial charge in [0.25, 0.3) is 0 Å². The smallest absolute Gasteiger partial charge is 0.138 e. The first-order chi connectivity index (χ1) is 9.78. The summed E-state index contributed by atoms with van der Waals surface area (Å²) in [6, 6.07) is 6.25. The van der Waals surface area contributed by atoms with Crippen LogP contribution in [0.1, 0.15) is 12.6 Å². The summed E-state index contributed by atoms with van der Waals surface area (Å²) in [5.74, 6) is 0.452. The molecule has 3 rings (SSSR count). The highest BCUT2D eigenvalue weighted by molar-refractivity contribution is 5.64. The molecule has 0 saturated carbocycles. The van der Waals surface area contributed by atoms with Crippen molar-refractivity contribution in [2.75, 3.05) is 0 Å². The summed E-state index contributed by atoms with van der Waals surface area (Å²) < 4.78 is 13.0. The van der Waals surface area contributed by atoms with Gasteiger partial charge >= 0.3 is 0 Å². The lowest BCUT2D eigenvalue weighted by molar-refractivity contribution is 0.628. The van der Waals surface area contributed by atoms with Gasteiger partial charge in [-0.2, -0.15) is 0 Å². The molecule has 100 valence electrons. The molecule has 0 fully saturated rings. The normalized spacial score (nSPS) is 10.7. The van der Waals surface area contributed by atoms with E-state index in [1.54, 1.807) is 30.7 Å². The van der Waals surface area contributed by atoms with Crippen molar-refractivity contribution in [1.82, 2.24) is 19.9 Å². The molecule has 0 aliphatic carbocycles. The van der Waals surface area contributed by atoms with Crippen molar-refractivity contribution in [2.24, 2.45) is 0 Å². The molecule has 0 saturated heterocycles. The van der Waals surface area contributed by atoms with E-state index in [1.807, 2.05) is 6.92 Å². The van der Waals surface area contributed by atoms with Crippen LogP contribution in [0.2, 0.25) is 0 Å². The number of H-pyrrole nitrogens is 1. The van der Waals surface area contributed by atoms with Crippen molar-refractivity contribution in [3.63, 3.8) is 0 Å². The van der Waals surface area contributed by atoms with Crippen LogP contribution >= 0.6 is 0 Å². The number of halogens is 1. The van der Waals surface area contributed by atoms with Crippen LogP contribution < -0.4 is 0 Å². The van der Waals surface area contributed by atoms with Crippen LogP contribution in [0.4, 0.5) is 4.39 Å². The SMILES string of the molecule is CCc1[nH]c(-c2ccc(F)cc2)nc1-c1cnccn1. The zero-order chi connectivity index (χ0) is 13.9. The molecule has 1 aromatic carbocycles. The standard InChI is InChI=1S/C15H13FN4/c1-2-12-14(13-9-17-7-8-18-13)20-15(19-12)10-3-5-11(16)6-4-10/h3-9H,2H2,1H3,(H,19,20). The van der Waals surface area contributed by atoms with E-state index in [0.717, 1.165) is 29.1 Å². The van der Waals surface area contributed by atoms with Gasteiger partial charge in [0.1, 0.15) is 23.0 Å². The number of aryl methyl sites for hydroxylation is 1. The molecular weight excluding hydrogens is 255 g/mol. The Morgan fingerprint density at radius 3 is 2.60 bits per heavy atom. The first kappa shape index (κ1) is 12.5. The van der Waals surface area contributed by atoms with E-state index < -0.39 is 0 Å². The predicted octanol–water partition coefficient (Wildman–Crippen LogP) is 3.24. The van der Waals surface area contributed by atoms with Gasteiger partial charge in [0.2, 0.25) is 0 Å². The van der Waals surface area contributed by atoms with Gasteiger partial charge in [0.15, 0.2) is 0 Å². The molecule has 0 aliphatic heterocycles. The maximum atomic E-state index is 13.0. The Kier molecular flexibility index (Phi) is 3.25. The molecule has 3 aromatic rings. The van der Waals surface area contributed by atoms with Crippen LogP contribution in [0, 0.1) is 5.82 Å². The number of nitrogens with one attached hydrogen (secondary N) is 1. The van der Waals surface area contributed by atoms with Gasteiger partial charge in [-0.15, -0.1) is 0 Å². The highest BCUT2D eigenvalue weighted by Gasteiger charge is 2.13. The maximum Gasteiger partial charge on any atom is 0.138 e. The molecule has 0 unspecified atom stereocenters. The second-order valence-corrected chi connectivity index (χ2v) is 4.36. The minimum Gasteiger partial charge on any atom is -0.341 e. The van der Waals surface area contributed by atoms with Crippen molar-refractivity contribution >= 4 is 0 Å². The van der Waals surface area contributed by atoms with Gasteiger partial charge < -0.3 is 4.98 Å². The summed E-state index contributed by atoms with van der Waals surface area (Å²) in [5, 5.41) is 0. The zero-order valence-electron chi connectivity index (χ0n) is 11.0. The average Bonchev–Trinajstić information content (AvgIpc) is 2.93. The van der Waals surface area contributed by atoms with Gasteiger partial charge in [-0.1, -0.05) is 6.92 Å². The van der Waals surface area contributed by atoms with E-state index in [2.05, 4.69) is 19.9 Å². The quantitative estimate of drug-likeness (QED) is 0.793. The van der Waals surface area contributed by atoms with Crippen molar-refractivity contribution in [2.45, 2.75) is 13.3 Å².